The normalized spacial score (nSPS) is 22.6. The standard InChI is InChI=1S/C22H29FN4O2/c1-29-19-5-6-20(23)18(15-19)16-26-11-2-7-22(21(26)28)8-14-25(17-22)10-4-13-27-12-3-9-24-27/h3,5-6,9,12,15H,2,4,7-8,10-11,13-14,16-17H2,1H3. The van der Waals surface area contributed by atoms with E-state index < -0.39 is 0 Å². The highest BCUT2D eigenvalue weighted by molar-refractivity contribution is 5.84. The number of benzene rings is 1. The zero-order valence-corrected chi connectivity index (χ0v) is 17.0. The molecule has 1 unspecified atom stereocenters. The summed E-state index contributed by atoms with van der Waals surface area (Å²) in [6, 6.07) is 6.65. The lowest BCUT2D eigenvalue weighted by Gasteiger charge is -2.39. The molecular formula is C22H29FN4O2. The lowest BCUT2D eigenvalue weighted by molar-refractivity contribution is -0.146. The molecule has 1 aromatic heterocycles. The summed E-state index contributed by atoms with van der Waals surface area (Å²) in [5.74, 6) is 0.509. The number of carbonyl (C=O) groups is 1. The number of amides is 1. The molecular weight excluding hydrogens is 371 g/mol. The van der Waals surface area contributed by atoms with Gasteiger partial charge in [-0.3, -0.25) is 9.48 Å². The van der Waals surface area contributed by atoms with Gasteiger partial charge in [-0.1, -0.05) is 0 Å². The van der Waals surface area contributed by atoms with Crippen molar-refractivity contribution in [2.45, 2.75) is 38.8 Å². The Bertz CT molecular complexity index is 841. The first-order valence-electron chi connectivity index (χ1n) is 10.4. The van der Waals surface area contributed by atoms with Crippen LogP contribution >= 0.6 is 0 Å². The minimum Gasteiger partial charge on any atom is -0.497 e. The molecule has 0 saturated carbocycles. The van der Waals surface area contributed by atoms with Gasteiger partial charge in [-0.2, -0.15) is 5.10 Å². The van der Waals surface area contributed by atoms with E-state index in [0.717, 1.165) is 51.9 Å². The number of rotatable bonds is 7. The number of piperidine rings is 1. The average Bonchev–Trinajstić information content (AvgIpc) is 3.38. The number of halogens is 1. The van der Waals surface area contributed by atoms with Gasteiger partial charge in [-0.25, -0.2) is 4.39 Å². The molecule has 1 aromatic carbocycles. The summed E-state index contributed by atoms with van der Waals surface area (Å²) in [6.07, 6.45) is 7.59. The summed E-state index contributed by atoms with van der Waals surface area (Å²) in [5.41, 5.74) is 0.211. The number of aromatic nitrogens is 2. The van der Waals surface area contributed by atoms with Gasteiger partial charge in [-0.15, -0.1) is 0 Å². The molecule has 0 bridgehead atoms. The van der Waals surface area contributed by atoms with Crippen molar-refractivity contribution in [1.82, 2.24) is 19.6 Å². The van der Waals surface area contributed by atoms with E-state index in [0.29, 0.717) is 24.4 Å². The number of ether oxygens (including phenoxy) is 1. The van der Waals surface area contributed by atoms with Gasteiger partial charge in [0.25, 0.3) is 0 Å². The molecule has 29 heavy (non-hydrogen) atoms. The molecule has 2 fully saturated rings. The van der Waals surface area contributed by atoms with E-state index in [1.54, 1.807) is 25.4 Å². The fraction of sp³-hybridized carbons (Fsp3) is 0.545. The van der Waals surface area contributed by atoms with E-state index in [1.165, 1.54) is 6.07 Å². The van der Waals surface area contributed by atoms with Crippen molar-refractivity contribution in [2.75, 3.05) is 33.3 Å². The van der Waals surface area contributed by atoms with Crippen LogP contribution in [-0.4, -0.2) is 58.8 Å². The zero-order valence-electron chi connectivity index (χ0n) is 17.0. The largest absolute Gasteiger partial charge is 0.497 e. The van der Waals surface area contributed by atoms with Crippen molar-refractivity contribution < 1.29 is 13.9 Å². The summed E-state index contributed by atoms with van der Waals surface area (Å²) in [4.78, 5) is 17.6. The van der Waals surface area contributed by atoms with Crippen LogP contribution < -0.4 is 4.74 Å². The van der Waals surface area contributed by atoms with Crippen molar-refractivity contribution in [3.8, 4) is 5.75 Å². The first-order valence-corrected chi connectivity index (χ1v) is 10.4. The summed E-state index contributed by atoms with van der Waals surface area (Å²) in [7, 11) is 1.57. The minimum absolute atomic E-state index is 0.181. The smallest absolute Gasteiger partial charge is 0.230 e. The number of methoxy groups -OCH3 is 1. The Morgan fingerprint density at radius 3 is 2.93 bits per heavy atom. The van der Waals surface area contributed by atoms with Gasteiger partial charge in [0.15, 0.2) is 0 Å². The van der Waals surface area contributed by atoms with Crippen LogP contribution in [0, 0.1) is 11.2 Å². The Kier molecular flexibility index (Phi) is 5.85. The van der Waals surface area contributed by atoms with Gasteiger partial charge < -0.3 is 14.5 Å². The van der Waals surface area contributed by atoms with Crippen LogP contribution in [0.25, 0.3) is 0 Å². The maximum absolute atomic E-state index is 14.3. The van der Waals surface area contributed by atoms with Crippen LogP contribution in [0.1, 0.15) is 31.2 Å². The topological polar surface area (TPSA) is 50.6 Å². The Labute approximate surface area is 171 Å². The van der Waals surface area contributed by atoms with E-state index in [9.17, 15) is 9.18 Å². The van der Waals surface area contributed by atoms with Crippen LogP contribution in [0.3, 0.4) is 0 Å². The SMILES string of the molecule is COc1ccc(F)c(CN2CCCC3(CCN(CCCn4cccn4)C3)C2=O)c1. The van der Waals surface area contributed by atoms with Crippen molar-refractivity contribution in [3.05, 3.63) is 48.0 Å². The highest BCUT2D eigenvalue weighted by atomic mass is 19.1. The fourth-order valence-corrected chi connectivity index (χ4v) is 4.72. The molecule has 1 atom stereocenters. The van der Waals surface area contributed by atoms with E-state index in [2.05, 4.69) is 10.00 Å². The Morgan fingerprint density at radius 2 is 2.14 bits per heavy atom. The number of hydrogen-bond acceptors (Lipinski definition) is 4. The molecule has 1 amide bonds. The van der Waals surface area contributed by atoms with E-state index in [1.807, 2.05) is 21.8 Å². The monoisotopic (exact) mass is 400 g/mol. The van der Waals surface area contributed by atoms with Crippen molar-refractivity contribution in [1.29, 1.82) is 0 Å². The number of carbonyl (C=O) groups excluding carboxylic acids is 1. The average molecular weight is 400 g/mol. The van der Waals surface area contributed by atoms with Gasteiger partial charge in [0.05, 0.1) is 12.5 Å². The van der Waals surface area contributed by atoms with E-state index >= 15 is 0 Å². The van der Waals surface area contributed by atoms with Gasteiger partial charge >= 0.3 is 0 Å². The van der Waals surface area contributed by atoms with Gasteiger partial charge in [-0.05, 0) is 63.0 Å². The molecule has 3 heterocycles. The van der Waals surface area contributed by atoms with Crippen LogP contribution in [0.2, 0.25) is 0 Å². The van der Waals surface area contributed by atoms with Crippen molar-refractivity contribution in [2.24, 2.45) is 5.41 Å². The van der Waals surface area contributed by atoms with Crippen LogP contribution in [0.15, 0.2) is 36.7 Å². The molecule has 2 aromatic rings. The lowest BCUT2D eigenvalue weighted by Crippen LogP contribution is -2.49. The molecule has 1 spiro atoms. The van der Waals surface area contributed by atoms with E-state index in [4.69, 9.17) is 4.74 Å². The molecule has 0 N–H and O–H groups in total. The molecule has 2 saturated heterocycles. The van der Waals surface area contributed by atoms with Crippen LogP contribution in [-0.2, 0) is 17.9 Å². The number of likely N-dealkylation sites (tertiary alicyclic amines) is 2. The quantitative estimate of drug-likeness (QED) is 0.717. The molecule has 0 aliphatic carbocycles. The third-order valence-corrected chi connectivity index (χ3v) is 6.29. The Hall–Kier alpha value is -2.41. The highest BCUT2D eigenvalue weighted by Gasteiger charge is 2.48. The molecule has 4 rings (SSSR count). The Morgan fingerprint density at radius 1 is 1.24 bits per heavy atom. The number of aryl methyl sites for hydroxylation is 1. The fourth-order valence-electron chi connectivity index (χ4n) is 4.72. The third-order valence-electron chi connectivity index (χ3n) is 6.29. The second-order valence-electron chi connectivity index (χ2n) is 8.22. The van der Waals surface area contributed by atoms with Gasteiger partial charge in [0, 0.05) is 44.1 Å². The maximum atomic E-state index is 14.3. The van der Waals surface area contributed by atoms with Crippen LogP contribution in [0.4, 0.5) is 4.39 Å². The number of nitrogens with zero attached hydrogens (tertiary/aromatic N) is 4. The predicted molar refractivity (Wildman–Crippen MR) is 108 cm³/mol. The minimum atomic E-state index is -0.306. The third kappa shape index (κ3) is 4.29. The second kappa shape index (κ2) is 8.53. The summed E-state index contributed by atoms with van der Waals surface area (Å²) in [5, 5.41) is 4.24. The van der Waals surface area contributed by atoms with E-state index in [-0.39, 0.29) is 17.1 Å². The molecule has 2 aliphatic heterocycles. The Balaban J connectivity index is 1.37. The molecule has 6 nitrogen and oxygen atoms in total. The van der Waals surface area contributed by atoms with Crippen molar-refractivity contribution in [3.63, 3.8) is 0 Å². The molecule has 2 aliphatic rings. The summed E-state index contributed by atoms with van der Waals surface area (Å²) in [6.45, 7) is 4.62. The maximum Gasteiger partial charge on any atom is 0.230 e. The van der Waals surface area contributed by atoms with Gasteiger partial charge in [0.2, 0.25) is 5.91 Å². The summed E-state index contributed by atoms with van der Waals surface area (Å²) < 4.78 is 21.4. The predicted octanol–water partition coefficient (Wildman–Crippen LogP) is 2.94. The van der Waals surface area contributed by atoms with Crippen molar-refractivity contribution >= 4 is 5.91 Å². The van der Waals surface area contributed by atoms with Gasteiger partial charge in [0.1, 0.15) is 11.6 Å². The molecule has 0 radical (unpaired) electrons. The van der Waals surface area contributed by atoms with Crippen LogP contribution in [0.5, 0.6) is 5.75 Å². The zero-order chi connectivity index (χ0) is 20.3. The lowest BCUT2D eigenvalue weighted by atomic mass is 9.78. The summed E-state index contributed by atoms with van der Waals surface area (Å²) >= 11 is 0. The molecule has 156 valence electrons. The highest BCUT2D eigenvalue weighted by Crippen LogP contribution is 2.40. The first-order chi connectivity index (χ1) is 14.1. The number of hydrogen-bond donors (Lipinski definition) is 0. The first kappa shape index (κ1) is 19.9. The molecule has 7 heteroatoms. The second-order valence-corrected chi connectivity index (χ2v) is 8.22.